The first-order valence-corrected chi connectivity index (χ1v) is 9.89. The molecule has 1 aromatic heterocycles. The van der Waals surface area contributed by atoms with Gasteiger partial charge in [-0.15, -0.1) is 0 Å². The summed E-state index contributed by atoms with van der Waals surface area (Å²) >= 11 is 0. The molecule has 4 rings (SSSR count). The van der Waals surface area contributed by atoms with E-state index in [4.69, 9.17) is 9.47 Å². The number of ether oxygens (including phenoxy) is 2. The van der Waals surface area contributed by atoms with Crippen molar-refractivity contribution in [1.82, 2.24) is 20.0 Å². The molecule has 0 saturated carbocycles. The molecule has 1 N–H and O–H groups in total. The van der Waals surface area contributed by atoms with E-state index in [1.807, 2.05) is 48.6 Å². The Bertz CT molecular complexity index is 1050. The summed E-state index contributed by atoms with van der Waals surface area (Å²) in [4.78, 5) is 14.8. The molecule has 0 spiro atoms. The molecule has 2 amide bonds. The highest BCUT2D eigenvalue weighted by molar-refractivity contribution is 5.75. The Morgan fingerprint density at radius 1 is 1.17 bits per heavy atom. The molecular weight excluding hydrogens is 380 g/mol. The van der Waals surface area contributed by atoms with Crippen LogP contribution in [0.4, 0.5) is 4.79 Å². The predicted octanol–water partition coefficient (Wildman–Crippen LogP) is 3.29. The SMILES string of the molecule is COc1ccc(CNC(=O)N2Cc3ccccc3C(c3cnn(C)c3)C2)cc1OC. The first-order chi connectivity index (χ1) is 14.6. The number of fused-ring (bicyclic) bond motifs is 1. The van der Waals surface area contributed by atoms with Gasteiger partial charge in [-0.1, -0.05) is 30.3 Å². The van der Waals surface area contributed by atoms with Gasteiger partial charge in [0, 0.05) is 38.8 Å². The number of benzene rings is 2. The highest BCUT2D eigenvalue weighted by Gasteiger charge is 2.29. The number of nitrogens with zero attached hydrogens (tertiary/aromatic N) is 3. The lowest BCUT2D eigenvalue weighted by Gasteiger charge is -2.34. The van der Waals surface area contributed by atoms with Crippen molar-refractivity contribution in [2.24, 2.45) is 7.05 Å². The second-order valence-corrected chi connectivity index (χ2v) is 7.43. The third-order valence-corrected chi connectivity index (χ3v) is 5.50. The second kappa shape index (κ2) is 8.49. The van der Waals surface area contributed by atoms with Gasteiger partial charge in [-0.05, 0) is 34.4 Å². The third kappa shape index (κ3) is 3.96. The van der Waals surface area contributed by atoms with E-state index < -0.39 is 0 Å². The molecule has 1 aliphatic heterocycles. The Hall–Kier alpha value is -3.48. The lowest BCUT2D eigenvalue weighted by Crippen LogP contribution is -2.44. The molecule has 30 heavy (non-hydrogen) atoms. The van der Waals surface area contributed by atoms with E-state index in [9.17, 15) is 4.79 Å². The van der Waals surface area contributed by atoms with Gasteiger partial charge in [0.05, 0.1) is 20.4 Å². The largest absolute Gasteiger partial charge is 0.493 e. The quantitative estimate of drug-likeness (QED) is 0.706. The molecular formula is C23H26N4O3. The average molecular weight is 406 g/mol. The summed E-state index contributed by atoms with van der Waals surface area (Å²) in [7, 11) is 5.11. The lowest BCUT2D eigenvalue weighted by molar-refractivity contribution is 0.188. The smallest absolute Gasteiger partial charge is 0.317 e. The zero-order valence-corrected chi connectivity index (χ0v) is 17.5. The van der Waals surface area contributed by atoms with Gasteiger partial charge >= 0.3 is 6.03 Å². The van der Waals surface area contributed by atoms with Crippen LogP contribution >= 0.6 is 0 Å². The Morgan fingerprint density at radius 3 is 2.70 bits per heavy atom. The Labute approximate surface area is 176 Å². The van der Waals surface area contributed by atoms with Crippen molar-refractivity contribution in [2.45, 2.75) is 19.0 Å². The minimum Gasteiger partial charge on any atom is -0.493 e. The van der Waals surface area contributed by atoms with Gasteiger partial charge in [0.1, 0.15) is 0 Å². The topological polar surface area (TPSA) is 68.6 Å². The fourth-order valence-electron chi connectivity index (χ4n) is 3.95. The van der Waals surface area contributed by atoms with E-state index in [0.29, 0.717) is 31.1 Å². The minimum absolute atomic E-state index is 0.0896. The molecule has 1 unspecified atom stereocenters. The number of nitrogens with one attached hydrogen (secondary N) is 1. The van der Waals surface area contributed by atoms with Crippen molar-refractivity contribution in [2.75, 3.05) is 20.8 Å². The van der Waals surface area contributed by atoms with E-state index in [-0.39, 0.29) is 11.9 Å². The fraction of sp³-hybridized carbons (Fsp3) is 0.304. The van der Waals surface area contributed by atoms with Crippen molar-refractivity contribution < 1.29 is 14.3 Å². The zero-order valence-electron chi connectivity index (χ0n) is 17.5. The van der Waals surface area contributed by atoms with E-state index in [1.165, 1.54) is 11.1 Å². The van der Waals surface area contributed by atoms with Crippen LogP contribution in [-0.4, -0.2) is 41.5 Å². The summed E-state index contributed by atoms with van der Waals surface area (Å²) in [6, 6.07) is 13.9. The highest BCUT2D eigenvalue weighted by atomic mass is 16.5. The van der Waals surface area contributed by atoms with Crippen LogP contribution in [0.5, 0.6) is 11.5 Å². The van der Waals surface area contributed by atoms with Gasteiger partial charge in [-0.25, -0.2) is 4.79 Å². The van der Waals surface area contributed by atoms with Crippen molar-refractivity contribution in [1.29, 1.82) is 0 Å². The number of carbonyl (C=O) groups excluding carboxylic acids is 1. The maximum atomic E-state index is 13.0. The second-order valence-electron chi connectivity index (χ2n) is 7.43. The van der Waals surface area contributed by atoms with Gasteiger partial charge < -0.3 is 19.7 Å². The monoisotopic (exact) mass is 406 g/mol. The first-order valence-electron chi connectivity index (χ1n) is 9.89. The number of methoxy groups -OCH3 is 2. The van der Waals surface area contributed by atoms with Gasteiger partial charge in [0.15, 0.2) is 11.5 Å². The molecule has 2 heterocycles. The summed E-state index contributed by atoms with van der Waals surface area (Å²) in [5.41, 5.74) is 4.48. The van der Waals surface area contributed by atoms with Crippen LogP contribution in [0.3, 0.4) is 0 Å². The molecule has 0 fully saturated rings. The first kappa shape index (κ1) is 19.8. The number of hydrogen-bond acceptors (Lipinski definition) is 4. The highest BCUT2D eigenvalue weighted by Crippen LogP contribution is 2.33. The minimum atomic E-state index is -0.0896. The van der Waals surface area contributed by atoms with Crippen molar-refractivity contribution in [3.63, 3.8) is 0 Å². The van der Waals surface area contributed by atoms with Crippen molar-refractivity contribution in [3.05, 3.63) is 77.1 Å². The van der Waals surface area contributed by atoms with Crippen LogP contribution in [0, 0.1) is 0 Å². The van der Waals surface area contributed by atoms with Crippen molar-refractivity contribution in [3.8, 4) is 11.5 Å². The standard InChI is InChI=1S/C23H26N4O3/c1-26-13-18(12-25-26)20-15-27(14-17-6-4-5-7-19(17)20)23(28)24-11-16-8-9-21(29-2)22(10-16)30-3/h4-10,12-13,20H,11,14-15H2,1-3H3,(H,24,28). The molecule has 1 aliphatic rings. The van der Waals surface area contributed by atoms with E-state index in [0.717, 1.165) is 11.1 Å². The van der Waals surface area contributed by atoms with Gasteiger partial charge in [0.25, 0.3) is 0 Å². The van der Waals surface area contributed by atoms with Crippen LogP contribution in [-0.2, 0) is 20.1 Å². The summed E-state index contributed by atoms with van der Waals surface area (Å²) in [5.74, 6) is 1.42. The van der Waals surface area contributed by atoms with Crippen LogP contribution in [0.15, 0.2) is 54.9 Å². The maximum absolute atomic E-state index is 13.0. The number of aromatic nitrogens is 2. The van der Waals surface area contributed by atoms with E-state index >= 15 is 0 Å². The number of rotatable bonds is 5. The number of hydrogen-bond donors (Lipinski definition) is 1. The molecule has 1 atom stereocenters. The normalized spacial score (nSPS) is 15.4. The van der Waals surface area contributed by atoms with Gasteiger partial charge in [-0.2, -0.15) is 5.10 Å². The third-order valence-electron chi connectivity index (χ3n) is 5.50. The molecule has 2 aromatic carbocycles. The molecule has 0 bridgehead atoms. The number of amides is 2. The molecule has 0 saturated heterocycles. The molecule has 3 aromatic rings. The molecule has 7 nitrogen and oxygen atoms in total. The van der Waals surface area contributed by atoms with Crippen LogP contribution < -0.4 is 14.8 Å². The average Bonchev–Trinajstić information content (AvgIpc) is 3.22. The van der Waals surface area contributed by atoms with Gasteiger partial charge in [0.2, 0.25) is 0 Å². The summed E-state index contributed by atoms with van der Waals surface area (Å²) in [6.07, 6.45) is 3.90. The van der Waals surface area contributed by atoms with E-state index in [1.54, 1.807) is 18.9 Å². The van der Waals surface area contributed by atoms with Crippen molar-refractivity contribution >= 4 is 6.03 Å². The van der Waals surface area contributed by atoms with Crippen LogP contribution in [0.2, 0.25) is 0 Å². The summed E-state index contributed by atoms with van der Waals surface area (Å²) < 4.78 is 12.4. The molecule has 156 valence electrons. The zero-order chi connectivity index (χ0) is 21.1. The Kier molecular flexibility index (Phi) is 5.61. The maximum Gasteiger partial charge on any atom is 0.317 e. The summed E-state index contributed by atoms with van der Waals surface area (Å²) in [5, 5.41) is 7.35. The Balaban J connectivity index is 1.49. The van der Waals surface area contributed by atoms with Gasteiger partial charge in [-0.3, -0.25) is 4.68 Å². The number of aryl methyl sites for hydroxylation is 1. The predicted molar refractivity (Wildman–Crippen MR) is 114 cm³/mol. The lowest BCUT2D eigenvalue weighted by atomic mass is 9.86. The molecule has 0 aliphatic carbocycles. The molecule has 7 heteroatoms. The van der Waals surface area contributed by atoms with E-state index in [2.05, 4.69) is 28.6 Å². The van der Waals surface area contributed by atoms with Crippen LogP contribution in [0.1, 0.15) is 28.2 Å². The summed E-state index contributed by atoms with van der Waals surface area (Å²) in [6.45, 7) is 1.61. The Morgan fingerprint density at radius 2 is 1.97 bits per heavy atom. The number of urea groups is 1. The van der Waals surface area contributed by atoms with Crippen LogP contribution in [0.25, 0.3) is 0 Å². The number of carbonyl (C=O) groups is 1. The molecule has 0 radical (unpaired) electrons. The fourth-order valence-corrected chi connectivity index (χ4v) is 3.95.